The summed E-state index contributed by atoms with van der Waals surface area (Å²) in [7, 11) is -6.15. The average molecular weight is 346 g/mol. The monoisotopic (exact) mass is 346 g/mol. The third-order valence-electron chi connectivity index (χ3n) is 3.01. The van der Waals surface area contributed by atoms with Crippen LogP contribution >= 0.6 is 7.60 Å². The van der Waals surface area contributed by atoms with Gasteiger partial charge in [0.05, 0.1) is 19.4 Å². The summed E-state index contributed by atoms with van der Waals surface area (Å²) in [5, 5.41) is 0. The van der Waals surface area contributed by atoms with E-state index in [-0.39, 0.29) is 19.4 Å². The van der Waals surface area contributed by atoms with Crippen LogP contribution in [0, 0.1) is 0 Å². The molecule has 0 radical (unpaired) electrons. The quantitative estimate of drug-likeness (QED) is 0.614. The Bertz CT molecular complexity index is 497. The molecule has 2 heterocycles. The molecule has 2 aliphatic rings. The highest BCUT2D eigenvalue weighted by Crippen LogP contribution is 2.51. The van der Waals surface area contributed by atoms with E-state index in [4.69, 9.17) is 26.9 Å². The Labute approximate surface area is 123 Å². The van der Waals surface area contributed by atoms with Crippen molar-refractivity contribution in [3.05, 3.63) is 0 Å². The first-order valence-corrected chi connectivity index (χ1v) is 9.58. The zero-order valence-electron chi connectivity index (χ0n) is 12.0. The van der Waals surface area contributed by atoms with E-state index < -0.39 is 42.6 Å². The topological polar surface area (TPSA) is 107 Å². The van der Waals surface area contributed by atoms with E-state index in [0.717, 1.165) is 0 Å². The summed E-state index contributed by atoms with van der Waals surface area (Å²) in [4.78, 5) is 0. The van der Waals surface area contributed by atoms with Crippen LogP contribution in [-0.4, -0.2) is 59.5 Å². The smallest absolute Gasteiger partial charge is 0.353 e. The fourth-order valence-corrected chi connectivity index (χ4v) is 5.13. The summed E-state index contributed by atoms with van der Waals surface area (Å²) in [6, 6.07) is 0. The van der Waals surface area contributed by atoms with Gasteiger partial charge in [-0.1, -0.05) is 0 Å². The van der Waals surface area contributed by atoms with E-state index in [0.29, 0.717) is 0 Å². The van der Waals surface area contributed by atoms with Gasteiger partial charge in [0.25, 0.3) is 0 Å². The van der Waals surface area contributed by atoms with Gasteiger partial charge in [0.1, 0.15) is 12.2 Å². The lowest BCUT2D eigenvalue weighted by atomic mass is 10.2. The summed E-state index contributed by atoms with van der Waals surface area (Å²) in [5.41, 5.74) is 0. The van der Waals surface area contributed by atoms with Crippen molar-refractivity contribution in [2.45, 2.75) is 38.4 Å². The number of hydrogen-bond acceptors (Lipinski definition) is 9. The van der Waals surface area contributed by atoms with Crippen LogP contribution in [0.2, 0.25) is 0 Å². The van der Waals surface area contributed by atoms with E-state index in [1.54, 1.807) is 13.8 Å². The first-order valence-electron chi connectivity index (χ1n) is 6.52. The van der Waals surface area contributed by atoms with Crippen molar-refractivity contribution in [2.24, 2.45) is 0 Å². The van der Waals surface area contributed by atoms with E-state index in [9.17, 15) is 13.0 Å². The molecule has 0 aliphatic carbocycles. The molecule has 0 amide bonds. The molecule has 0 unspecified atom stereocenters. The molecule has 2 aliphatic heterocycles. The lowest BCUT2D eigenvalue weighted by Crippen LogP contribution is -2.32. The molecule has 0 aromatic rings. The maximum atomic E-state index is 12.5. The van der Waals surface area contributed by atoms with Gasteiger partial charge in [0.15, 0.2) is 12.4 Å². The minimum atomic E-state index is -4.09. The van der Waals surface area contributed by atoms with Gasteiger partial charge in [-0.25, -0.2) is 8.37 Å². The fraction of sp³-hybridized carbons (Fsp3) is 1.00. The van der Waals surface area contributed by atoms with E-state index in [2.05, 4.69) is 0 Å². The molecule has 0 aromatic heterocycles. The summed E-state index contributed by atoms with van der Waals surface area (Å²) in [6.45, 7) is 3.76. The molecule has 4 atom stereocenters. The molecule has 2 fully saturated rings. The Balaban J connectivity index is 2.14. The third-order valence-corrected chi connectivity index (χ3v) is 6.04. The van der Waals surface area contributed by atoms with Crippen LogP contribution in [0.3, 0.4) is 0 Å². The van der Waals surface area contributed by atoms with Gasteiger partial charge in [0.2, 0.25) is 0 Å². The normalized spacial score (nSPS) is 35.0. The second-order valence-corrected chi connectivity index (χ2v) is 7.74. The molecular weight excluding hydrogens is 327 g/mol. The molecule has 0 N–H and O–H groups in total. The summed E-state index contributed by atoms with van der Waals surface area (Å²) < 4.78 is 65.7. The lowest BCUT2D eigenvalue weighted by Gasteiger charge is -2.22. The number of ether oxygens (including phenoxy) is 2. The maximum absolute atomic E-state index is 12.5. The molecule has 0 saturated carbocycles. The fourth-order valence-electron chi connectivity index (χ4n) is 2.30. The minimum absolute atomic E-state index is 0.144. The number of methoxy groups -OCH3 is 1. The van der Waals surface area contributed by atoms with E-state index in [1.165, 1.54) is 7.11 Å². The van der Waals surface area contributed by atoms with Crippen molar-refractivity contribution < 1.29 is 39.9 Å². The van der Waals surface area contributed by atoms with Crippen molar-refractivity contribution in [1.82, 2.24) is 0 Å². The van der Waals surface area contributed by atoms with Crippen LogP contribution in [0.25, 0.3) is 0 Å². The molecule has 124 valence electrons. The van der Waals surface area contributed by atoms with Crippen LogP contribution in [0.4, 0.5) is 0 Å². The predicted octanol–water partition coefficient (Wildman–Crippen LogP) is 0.653. The largest absolute Gasteiger partial charge is 0.400 e. The van der Waals surface area contributed by atoms with Crippen molar-refractivity contribution in [1.29, 1.82) is 0 Å². The molecule has 0 bridgehead atoms. The highest BCUT2D eigenvalue weighted by molar-refractivity contribution is 7.82. The Morgan fingerprint density at radius 3 is 2.19 bits per heavy atom. The number of hydrogen-bond donors (Lipinski definition) is 0. The Morgan fingerprint density at radius 2 is 1.67 bits per heavy atom. The van der Waals surface area contributed by atoms with Crippen LogP contribution < -0.4 is 0 Å². The molecule has 2 saturated heterocycles. The molecule has 9 nitrogen and oxygen atoms in total. The van der Waals surface area contributed by atoms with Crippen LogP contribution in [0.1, 0.15) is 13.8 Å². The zero-order valence-corrected chi connectivity index (χ0v) is 13.7. The number of fused-ring (bicyclic) bond motifs is 1. The van der Waals surface area contributed by atoms with Crippen molar-refractivity contribution in [2.75, 3.05) is 26.5 Å². The molecule has 2 rings (SSSR count). The van der Waals surface area contributed by atoms with Gasteiger partial charge in [-0.05, 0) is 13.8 Å². The van der Waals surface area contributed by atoms with Crippen molar-refractivity contribution >= 4 is 18.0 Å². The molecule has 0 spiro atoms. The van der Waals surface area contributed by atoms with Gasteiger partial charge in [-0.3, -0.25) is 4.57 Å². The van der Waals surface area contributed by atoms with Crippen LogP contribution in [0.5, 0.6) is 0 Å². The molecule has 11 heteroatoms. The van der Waals surface area contributed by atoms with Crippen molar-refractivity contribution in [3.8, 4) is 0 Å². The van der Waals surface area contributed by atoms with Gasteiger partial charge >= 0.3 is 18.0 Å². The Hall–Kier alpha value is -0.0600. The zero-order chi connectivity index (χ0) is 15.7. The SMILES string of the molecule is CCOP(=O)(C[C@H]1O[C@@H](OC)[C@@H]2OS(=O)(=O)O[C@@H]21)OCC. The highest BCUT2D eigenvalue weighted by atomic mass is 32.3. The predicted molar refractivity (Wildman–Crippen MR) is 70.1 cm³/mol. The minimum Gasteiger partial charge on any atom is -0.353 e. The summed E-state index contributed by atoms with van der Waals surface area (Å²) >= 11 is 0. The van der Waals surface area contributed by atoms with Crippen LogP contribution in [0.15, 0.2) is 0 Å². The third kappa shape index (κ3) is 3.83. The van der Waals surface area contributed by atoms with E-state index in [1.807, 2.05) is 0 Å². The molecular formula is C10H19O9PS. The Morgan fingerprint density at radius 1 is 1.10 bits per heavy atom. The second-order valence-electron chi connectivity index (χ2n) is 4.44. The lowest BCUT2D eigenvalue weighted by molar-refractivity contribution is -0.140. The maximum Gasteiger partial charge on any atom is 0.400 e. The molecule has 21 heavy (non-hydrogen) atoms. The van der Waals surface area contributed by atoms with Gasteiger partial charge in [0, 0.05) is 7.11 Å². The average Bonchev–Trinajstić information content (AvgIpc) is 2.84. The second kappa shape index (κ2) is 6.59. The van der Waals surface area contributed by atoms with E-state index >= 15 is 0 Å². The number of rotatable bonds is 7. The highest BCUT2D eigenvalue weighted by Gasteiger charge is 2.57. The van der Waals surface area contributed by atoms with Gasteiger partial charge < -0.3 is 18.5 Å². The standard InChI is InChI=1S/C10H19O9PS/c1-4-15-20(11,16-5-2)6-7-8-9(10(14-3)17-7)19-21(12,13)18-8/h7-10H,4-6H2,1-3H3/t7-,8-,9-,10-/m1/s1. The van der Waals surface area contributed by atoms with Gasteiger partial charge in [-0.15, -0.1) is 0 Å². The van der Waals surface area contributed by atoms with Crippen LogP contribution in [-0.2, 0) is 41.9 Å². The Kier molecular flexibility index (Phi) is 5.43. The first kappa shape index (κ1) is 17.3. The van der Waals surface area contributed by atoms with Crippen molar-refractivity contribution in [3.63, 3.8) is 0 Å². The molecule has 0 aromatic carbocycles. The first-order chi connectivity index (χ1) is 9.84. The summed E-state index contributed by atoms with van der Waals surface area (Å²) in [6.07, 6.45) is -3.76. The van der Waals surface area contributed by atoms with Gasteiger partial charge in [-0.2, -0.15) is 8.42 Å². The summed E-state index contributed by atoms with van der Waals surface area (Å²) in [5.74, 6) is 0.